The van der Waals surface area contributed by atoms with Gasteiger partial charge in [0.2, 0.25) is 5.91 Å². The minimum atomic E-state index is -0.564. The van der Waals surface area contributed by atoms with Gasteiger partial charge >= 0.3 is 0 Å². The molecule has 106 valence electrons. The Labute approximate surface area is 117 Å². The first-order chi connectivity index (χ1) is 9.53. The van der Waals surface area contributed by atoms with E-state index in [1.807, 2.05) is 19.9 Å². The summed E-state index contributed by atoms with van der Waals surface area (Å²) in [5, 5.41) is 22.5. The number of benzene rings is 1. The number of amides is 1. The lowest BCUT2D eigenvalue weighted by atomic mass is 10.1. The van der Waals surface area contributed by atoms with Gasteiger partial charge in [0.15, 0.2) is 0 Å². The molecule has 0 aromatic heterocycles. The predicted molar refractivity (Wildman–Crippen MR) is 74.2 cm³/mol. The molecule has 0 radical (unpaired) electrons. The van der Waals surface area contributed by atoms with Crippen LogP contribution in [0.1, 0.15) is 19.4 Å². The van der Waals surface area contributed by atoms with E-state index in [4.69, 9.17) is 5.26 Å². The lowest BCUT2D eigenvalue weighted by molar-refractivity contribution is -0.384. The molecule has 0 aliphatic rings. The van der Waals surface area contributed by atoms with Gasteiger partial charge in [-0.05, 0) is 19.9 Å². The molecule has 0 fully saturated rings. The molecule has 7 heteroatoms. The van der Waals surface area contributed by atoms with Crippen molar-refractivity contribution in [1.82, 2.24) is 4.90 Å². The molecule has 0 unspecified atom stereocenters. The van der Waals surface area contributed by atoms with E-state index in [2.05, 4.69) is 5.32 Å². The first-order valence-corrected chi connectivity index (χ1v) is 6.23. The summed E-state index contributed by atoms with van der Waals surface area (Å²) in [5.41, 5.74) is 0.410. The fourth-order valence-corrected chi connectivity index (χ4v) is 1.75. The smallest absolute Gasteiger partial charge is 0.270 e. The van der Waals surface area contributed by atoms with Crippen molar-refractivity contribution < 1.29 is 9.72 Å². The van der Waals surface area contributed by atoms with E-state index in [1.165, 1.54) is 18.2 Å². The summed E-state index contributed by atoms with van der Waals surface area (Å²) in [6.07, 6.45) is 0. The minimum Gasteiger partial charge on any atom is -0.375 e. The number of nitriles is 1. The van der Waals surface area contributed by atoms with Crippen LogP contribution in [-0.4, -0.2) is 35.4 Å². The lowest BCUT2D eigenvalue weighted by Gasteiger charge is -2.19. The molecule has 1 rings (SSSR count). The van der Waals surface area contributed by atoms with E-state index >= 15 is 0 Å². The quantitative estimate of drug-likeness (QED) is 0.630. The monoisotopic (exact) mass is 276 g/mol. The van der Waals surface area contributed by atoms with Crippen LogP contribution in [0.2, 0.25) is 0 Å². The van der Waals surface area contributed by atoms with Crippen molar-refractivity contribution in [2.24, 2.45) is 0 Å². The molecule has 0 atom stereocenters. The fourth-order valence-electron chi connectivity index (χ4n) is 1.75. The molecule has 0 saturated carbocycles. The Bertz CT molecular complexity index is 547. The largest absolute Gasteiger partial charge is 0.375 e. The van der Waals surface area contributed by atoms with Crippen LogP contribution in [-0.2, 0) is 4.79 Å². The molecule has 0 heterocycles. The van der Waals surface area contributed by atoms with Crippen molar-refractivity contribution in [2.75, 3.05) is 25.0 Å². The van der Waals surface area contributed by atoms with Crippen LogP contribution < -0.4 is 5.32 Å². The van der Waals surface area contributed by atoms with Gasteiger partial charge in [0.1, 0.15) is 6.07 Å². The van der Waals surface area contributed by atoms with Crippen molar-refractivity contribution in [3.8, 4) is 6.07 Å². The molecule has 1 aromatic rings. The molecule has 0 aliphatic heterocycles. The highest BCUT2D eigenvalue weighted by atomic mass is 16.6. The van der Waals surface area contributed by atoms with Crippen LogP contribution in [0.25, 0.3) is 0 Å². The maximum absolute atomic E-state index is 11.8. The highest BCUT2D eigenvalue weighted by Gasteiger charge is 2.13. The number of nitro groups is 1. The van der Waals surface area contributed by atoms with E-state index < -0.39 is 4.92 Å². The molecule has 0 spiro atoms. The number of non-ortho nitro benzene ring substituents is 1. The molecule has 1 amide bonds. The number of nitro benzene ring substituents is 1. The number of carbonyl (C=O) groups excluding carboxylic acids is 1. The number of carbonyl (C=O) groups is 1. The molecule has 20 heavy (non-hydrogen) atoms. The average Bonchev–Trinajstić information content (AvgIpc) is 2.45. The number of hydrogen-bond acceptors (Lipinski definition) is 5. The molecular formula is C13H16N4O3. The Morgan fingerprint density at radius 1 is 1.45 bits per heavy atom. The zero-order chi connectivity index (χ0) is 15.1. The van der Waals surface area contributed by atoms with Gasteiger partial charge in [-0.2, -0.15) is 5.26 Å². The van der Waals surface area contributed by atoms with Crippen molar-refractivity contribution in [1.29, 1.82) is 5.26 Å². The van der Waals surface area contributed by atoms with Gasteiger partial charge in [0.05, 0.1) is 22.7 Å². The number of anilines is 1. The van der Waals surface area contributed by atoms with Gasteiger partial charge in [0.25, 0.3) is 5.69 Å². The van der Waals surface area contributed by atoms with Crippen LogP contribution in [0, 0.1) is 21.4 Å². The van der Waals surface area contributed by atoms with Gasteiger partial charge in [-0.3, -0.25) is 14.9 Å². The van der Waals surface area contributed by atoms with Gasteiger partial charge in [-0.1, -0.05) is 0 Å². The Kier molecular flexibility index (Phi) is 5.47. The maximum Gasteiger partial charge on any atom is 0.270 e. The summed E-state index contributed by atoms with van der Waals surface area (Å²) in [7, 11) is 0. The first-order valence-electron chi connectivity index (χ1n) is 6.23. The summed E-state index contributed by atoms with van der Waals surface area (Å²) in [6.45, 7) is 5.04. The second kappa shape index (κ2) is 7.09. The summed E-state index contributed by atoms with van der Waals surface area (Å²) >= 11 is 0. The molecule has 0 aliphatic carbocycles. The van der Waals surface area contributed by atoms with Crippen molar-refractivity contribution in [3.63, 3.8) is 0 Å². The second-order valence-electron chi connectivity index (χ2n) is 4.02. The highest BCUT2D eigenvalue weighted by molar-refractivity contribution is 5.81. The third-order valence-corrected chi connectivity index (χ3v) is 2.88. The third kappa shape index (κ3) is 3.68. The predicted octanol–water partition coefficient (Wildman–Crippen LogP) is 1.75. The Hall–Kier alpha value is -2.62. The topological polar surface area (TPSA) is 99.3 Å². The summed E-state index contributed by atoms with van der Waals surface area (Å²) < 4.78 is 0. The summed E-state index contributed by atoms with van der Waals surface area (Å²) in [4.78, 5) is 23.5. The van der Waals surface area contributed by atoms with E-state index in [-0.39, 0.29) is 23.7 Å². The number of hydrogen-bond donors (Lipinski definition) is 1. The normalized spacial score (nSPS) is 9.65. The van der Waals surface area contributed by atoms with E-state index in [1.54, 1.807) is 4.90 Å². The van der Waals surface area contributed by atoms with E-state index in [0.717, 1.165) is 0 Å². The molecule has 1 aromatic carbocycles. The SMILES string of the molecule is CCN(CC)C(=O)CNc1ccc([N+](=O)[O-])cc1C#N. The van der Waals surface area contributed by atoms with E-state index in [9.17, 15) is 14.9 Å². The van der Waals surface area contributed by atoms with Crippen LogP contribution in [0.5, 0.6) is 0 Å². The number of nitrogens with zero attached hydrogens (tertiary/aromatic N) is 3. The third-order valence-electron chi connectivity index (χ3n) is 2.88. The molecule has 1 N–H and O–H groups in total. The lowest BCUT2D eigenvalue weighted by Crippen LogP contribution is -2.35. The average molecular weight is 276 g/mol. The van der Waals surface area contributed by atoms with Crippen LogP contribution in [0.15, 0.2) is 18.2 Å². The Morgan fingerprint density at radius 2 is 2.10 bits per heavy atom. The molecule has 0 bridgehead atoms. The van der Waals surface area contributed by atoms with Crippen molar-refractivity contribution in [3.05, 3.63) is 33.9 Å². The van der Waals surface area contributed by atoms with Crippen LogP contribution >= 0.6 is 0 Å². The van der Waals surface area contributed by atoms with E-state index in [0.29, 0.717) is 18.8 Å². The maximum atomic E-state index is 11.8. The number of rotatable bonds is 6. The summed E-state index contributed by atoms with van der Waals surface area (Å²) in [6, 6.07) is 5.80. The van der Waals surface area contributed by atoms with Crippen molar-refractivity contribution >= 4 is 17.3 Å². The van der Waals surface area contributed by atoms with Gasteiger partial charge < -0.3 is 10.2 Å². The second-order valence-corrected chi connectivity index (χ2v) is 4.02. The number of likely N-dealkylation sites (N-methyl/N-ethyl adjacent to an activating group) is 1. The van der Waals surface area contributed by atoms with Gasteiger partial charge in [0, 0.05) is 25.2 Å². The molecule has 7 nitrogen and oxygen atoms in total. The zero-order valence-electron chi connectivity index (χ0n) is 11.4. The minimum absolute atomic E-state index is 0.0498. The molecule has 0 saturated heterocycles. The first kappa shape index (κ1) is 15.4. The molecular weight excluding hydrogens is 260 g/mol. The van der Waals surface area contributed by atoms with Gasteiger partial charge in [-0.15, -0.1) is 0 Å². The van der Waals surface area contributed by atoms with Crippen LogP contribution in [0.3, 0.4) is 0 Å². The standard InChI is InChI=1S/C13H16N4O3/c1-3-16(4-2)13(18)9-15-12-6-5-11(17(19)20)7-10(12)8-14/h5-7,15H,3-4,9H2,1-2H3. The Morgan fingerprint density at radius 3 is 2.60 bits per heavy atom. The van der Waals surface area contributed by atoms with Crippen LogP contribution in [0.4, 0.5) is 11.4 Å². The summed E-state index contributed by atoms with van der Waals surface area (Å²) in [5.74, 6) is -0.0859. The van der Waals surface area contributed by atoms with Crippen molar-refractivity contribution in [2.45, 2.75) is 13.8 Å². The zero-order valence-corrected chi connectivity index (χ0v) is 11.4. The Balaban J connectivity index is 2.81. The fraction of sp³-hybridized carbons (Fsp3) is 0.385. The highest BCUT2D eigenvalue weighted by Crippen LogP contribution is 2.21. The van der Waals surface area contributed by atoms with Gasteiger partial charge in [-0.25, -0.2) is 0 Å². The number of nitrogens with one attached hydrogen (secondary N) is 1.